The van der Waals surface area contributed by atoms with Gasteiger partial charge in [-0.15, -0.1) is 0 Å². The number of aliphatic hydroxyl groups excluding tert-OH is 1. The molecule has 1 aliphatic heterocycles. The fourth-order valence-electron chi connectivity index (χ4n) is 5.11. The van der Waals surface area contributed by atoms with E-state index in [9.17, 15) is 14.7 Å². The van der Waals surface area contributed by atoms with Gasteiger partial charge < -0.3 is 30.9 Å². The number of nitrogens with one attached hydrogen (secondary N) is 3. The molecule has 46 heavy (non-hydrogen) atoms. The van der Waals surface area contributed by atoms with Gasteiger partial charge in [0.05, 0.1) is 30.2 Å². The van der Waals surface area contributed by atoms with Crippen molar-refractivity contribution < 1.29 is 24.2 Å². The highest BCUT2D eigenvalue weighted by molar-refractivity contribution is 7.99. The van der Waals surface area contributed by atoms with Crippen molar-refractivity contribution in [3.63, 3.8) is 0 Å². The number of nitrogen functional groups attached to an aromatic ring is 1. The third-order valence-corrected chi connectivity index (χ3v) is 8.71. The molecule has 11 nitrogen and oxygen atoms in total. The zero-order valence-electron chi connectivity index (χ0n) is 25.6. The second-order valence-corrected chi connectivity index (χ2v) is 12.2. The first-order valence-corrected chi connectivity index (χ1v) is 16.4. The van der Waals surface area contributed by atoms with Crippen LogP contribution in [0.1, 0.15) is 73.2 Å². The number of hydrogen-bond acceptors (Lipinski definition) is 9. The minimum Gasteiger partial charge on any atom is -0.397 e. The van der Waals surface area contributed by atoms with Crippen molar-refractivity contribution in [3.8, 4) is 0 Å². The molecule has 1 aromatic heterocycles. The van der Waals surface area contributed by atoms with Crippen LogP contribution in [-0.2, 0) is 32.2 Å². The minimum absolute atomic E-state index is 0.00695. The van der Waals surface area contributed by atoms with E-state index >= 15 is 0 Å². The Bertz CT molecular complexity index is 1530. The Morgan fingerprint density at radius 1 is 0.913 bits per heavy atom. The van der Waals surface area contributed by atoms with E-state index in [4.69, 9.17) is 15.2 Å². The van der Waals surface area contributed by atoms with E-state index in [0.29, 0.717) is 55.8 Å². The van der Waals surface area contributed by atoms with Gasteiger partial charge in [0, 0.05) is 37.1 Å². The van der Waals surface area contributed by atoms with Crippen LogP contribution >= 0.6 is 11.8 Å². The summed E-state index contributed by atoms with van der Waals surface area (Å²) in [6.07, 6.45) is 4.32. The van der Waals surface area contributed by atoms with Crippen LogP contribution in [0.25, 0.3) is 0 Å². The zero-order valence-corrected chi connectivity index (χ0v) is 26.4. The molecule has 0 aliphatic carbocycles. The Kier molecular flexibility index (Phi) is 12.2. The van der Waals surface area contributed by atoms with Gasteiger partial charge in [0.15, 0.2) is 11.4 Å². The van der Waals surface area contributed by atoms with Crippen molar-refractivity contribution in [3.05, 3.63) is 101 Å². The molecular formula is C34H40N6O5S. The molecule has 0 saturated carbocycles. The number of carbonyl (C=O) groups is 2. The van der Waals surface area contributed by atoms with Crippen molar-refractivity contribution in [2.24, 2.45) is 0 Å². The number of amides is 2. The van der Waals surface area contributed by atoms with Gasteiger partial charge >= 0.3 is 0 Å². The van der Waals surface area contributed by atoms with Gasteiger partial charge in [-0.1, -0.05) is 78.8 Å². The Morgan fingerprint density at radius 2 is 1.63 bits per heavy atom. The summed E-state index contributed by atoms with van der Waals surface area (Å²) in [5.41, 5.74) is 10.8. The van der Waals surface area contributed by atoms with Gasteiger partial charge in [-0.05, 0) is 41.7 Å². The van der Waals surface area contributed by atoms with E-state index in [1.165, 1.54) is 6.33 Å². The molecule has 2 heterocycles. The third-order valence-electron chi connectivity index (χ3n) is 7.70. The van der Waals surface area contributed by atoms with E-state index in [-0.39, 0.29) is 30.6 Å². The molecule has 4 aromatic rings. The number of anilines is 2. The molecule has 0 spiro atoms. The van der Waals surface area contributed by atoms with Crippen LogP contribution in [0.5, 0.6) is 0 Å². The standard InChI is InChI=1S/C34H40N6O5S/c35-28-6-4-5-7-29(28)39-32(43)9-3-1-2-8-31(42)36-19-23-10-16-26(17-11-23)33-44-27(21-46-34-37-22-38-40-34)18-30(45-33)25-14-12-24(20-41)13-15-25/h4-7,10-17,22,27,30,33,41H,1-3,8-9,18-21,35H2,(H,36,42)(H,39,43)(H,37,38,40)/t27-,30+,33+/m1/s1. The topological polar surface area (TPSA) is 164 Å². The second-order valence-electron chi connectivity index (χ2n) is 11.2. The van der Waals surface area contributed by atoms with Gasteiger partial charge in [0.25, 0.3) is 0 Å². The SMILES string of the molecule is Nc1ccccc1NC(=O)CCCCCC(=O)NCc1ccc([C@H]2O[C@@H](CSc3ncn[nH]3)C[C@@H](c3ccc(CO)cc3)O2)cc1. The first-order chi connectivity index (χ1) is 22.5. The van der Waals surface area contributed by atoms with E-state index in [2.05, 4.69) is 25.8 Å². The fraction of sp³-hybridized carbons (Fsp3) is 0.353. The van der Waals surface area contributed by atoms with E-state index in [0.717, 1.165) is 33.8 Å². The molecule has 2 amide bonds. The normalized spacial score (nSPS) is 17.8. The molecule has 0 unspecified atom stereocenters. The molecule has 3 aromatic carbocycles. The molecule has 1 fully saturated rings. The molecule has 0 bridgehead atoms. The fourth-order valence-corrected chi connectivity index (χ4v) is 5.91. The summed E-state index contributed by atoms with van der Waals surface area (Å²) >= 11 is 1.55. The van der Waals surface area contributed by atoms with Crippen LogP contribution in [0.15, 0.2) is 84.3 Å². The molecule has 242 valence electrons. The molecule has 12 heteroatoms. The van der Waals surface area contributed by atoms with Crippen molar-refractivity contribution in [1.82, 2.24) is 20.5 Å². The predicted octanol–water partition coefficient (Wildman–Crippen LogP) is 5.42. The van der Waals surface area contributed by atoms with E-state index in [1.54, 1.807) is 23.9 Å². The number of H-pyrrole nitrogens is 1. The number of nitrogens with two attached hydrogens (primary N) is 1. The Morgan fingerprint density at radius 3 is 2.35 bits per heavy atom. The molecule has 6 N–H and O–H groups in total. The van der Waals surface area contributed by atoms with Crippen LogP contribution in [0, 0.1) is 0 Å². The van der Waals surface area contributed by atoms with Gasteiger partial charge in [-0.3, -0.25) is 14.7 Å². The number of aromatic nitrogens is 3. The lowest BCUT2D eigenvalue weighted by Gasteiger charge is -2.36. The number of rotatable bonds is 15. The average Bonchev–Trinajstić information content (AvgIpc) is 3.61. The number of benzene rings is 3. The Balaban J connectivity index is 1.07. The highest BCUT2D eigenvalue weighted by Gasteiger charge is 2.32. The van der Waals surface area contributed by atoms with E-state index < -0.39 is 6.29 Å². The van der Waals surface area contributed by atoms with Crippen molar-refractivity contribution in [2.75, 3.05) is 16.8 Å². The maximum absolute atomic E-state index is 12.4. The number of hydrogen-bond donors (Lipinski definition) is 5. The van der Waals surface area contributed by atoms with E-state index in [1.807, 2.05) is 60.7 Å². The number of para-hydroxylation sites is 2. The number of aliphatic hydroxyl groups is 1. The monoisotopic (exact) mass is 644 g/mol. The number of unbranched alkanes of at least 4 members (excludes halogenated alkanes) is 2. The molecule has 3 atom stereocenters. The summed E-state index contributed by atoms with van der Waals surface area (Å²) in [5, 5.41) is 22.8. The van der Waals surface area contributed by atoms with Crippen LogP contribution in [0.4, 0.5) is 11.4 Å². The number of nitrogens with zero attached hydrogens (tertiary/aromatic N) is 2. The highest BCUT2D eigenvalue weighted by atomic mass is 32.2. The molecule has 1 saturated heterocycles. The summed E-state index contributed by atoms with van der Waals surface area (Å²) in [6.45, 7) is 0.412. The summed E-state index contributed by atoms with van der Waals surface area (Å²) in [6, 6.07) is 22.9. The van der Waals surface area contributed by atoms with Gasteiger partial charge in [0.1, 0.15) is 6.33 Å². The van der Waals surface area contributed by atoms with Gasteiger partial charge in [-0.2, -0.15) is 5.10 Å². The van der Waals surface area contributed by atoms with Crippen molar-refractivity contribution in [2.45, 2.75) is 75.3 Å². The van der Waals surface area contributed by atoms with Crippen LogP contribution in [-0.4, -0.2) is 44.0 Å². The molecular weight excluding hydrogens is 604 g/mol. The summed E-state index contributed by atoms with van der Waals surface area (Å²) in [5.74, 6) is 0.579. The quantitative estimate of drug-likeness (QED) is 0.0645. The van der Waals surface area contributed by atoms with Gasteiger partial charge in [-0.25, -0.2) is 4.98 Å². The van der Waals surface area contributed by atoms with Crippen LogP contribution in [0.3, 0.4) is 0 Å². The molecule has 0 radical (unpaired) electrons. The lowest BCUT2D eigenvalue weighted by molar-refractivity contribution is -0.245. The Hall–Kier alpha value is -4.23. The number of thioether (sulfide) groups is 1. The minimum atomic E-state index is -0.563. The largest absolute Gasteiger partial charge is 0.397 e. The number of aromatic amines is 1. The Labute approximate surface area is 272 Å². The van der Waals surface area contributed by atoms with Gasteiger partial charge in [0.2, 0.25) is 11.8 Å². The summed E-state index contributed by atoms with van der Waals surface area (Å²) < 4.78 is 12.8. The average molecular weight is 645 g/mol. The van der Waals surface area contributed by atoms with Crippen molar-refractivity contribution in [1.29, 1.82) is 0 Å². The smallest absolute Gasteiger partial charge is 0.224 e. The molecule has 5 rings (SSSR count). The summed E-state index contributed by atoms with van der Waals surface area (Å²) in [7, 11) is 0. The van der Waals surface area contributed by atoms with Crippen LogP contribution < -0.4 is 16.4 Å². The zero-order chi connectivity index (χ0) is 32.1. The van der Waals surface area contributed by atoms with Crippen molar-refractivity contribution >= 4 is 35.0 Å². The lowest BCUT2D eigenvalue weighted by atomic mass is 10.0. The maximum Gasteiger partial charge on any atom is 0.224 e. The second kappa shape index (κ2) is 16.9. The maximum atomic E-state index is 12.4. The molecule has 1 aliphatic rings. The number of ether oxygens (including phenoxy) is 2. The first kappa shape index (κ1) is 33.1. The third kappa shape index (κ3) is 9.88. The summed E-state index contributed by atoms with van der Waals surface area (Å²) in [4.78, 5) is 28.8. The predicted molar refractivity (Wildman–Crippen MR) is 176 cm³/mol. The first-order valence-electron chi connectivity index (χ1n) is 15.5. The number of carbonyl (C=O) groups excluding carboxylic acids is 2. The van der Waals surface area contributed by atoms with Crippen LogP contribution in [0.2, 0.25) is 0 Å². The highest BCUT2D eigenvalue weighted by Crippen LogP contribution is 2.39. The lowest BCUT2D eigenvalue weighted by Crippen LogP contribution is -2.31.